The molecular formula is C18H21FN2O2. The van der Waals surface area contributed by atoms with Crippen LogP contribution < -0.4 is 0 Å². The van der Waals surface area contributed by atoms with Gasteiger partial charge in [0.25, 0.3) is 0 Å². The molecule has 0 aliphatic carbocycles. The summed E-state index contributed by atoms with van der Waals surface area (Å²) in [7, 11) is 0. The number of carbonyl (C=O) groups excluding carboxylic acids is 1. The number of aromatic nitrogens is 1. The smallest absolute Gasteiger partial charge is 0.228 e. The summed E-state index contributed by atoms with van der Waals surface area (Å²) in [6.07, 6.45) is 4.77. The number of likely N-dealkylation sites (tertiary alicyclic amines) is 1. The Morgan fingerprint density at radius 1 is 1.26 bits per heavy atom. The molecule has 4 nitrogen and oxygen atoms in total. The van der Waals surface area contributed by atoms with Gasteiger partial charge in [0.15, 0.2) is 0 Å². The van der Waals surface area contributed by atoms with Crippen molar-refractivity contribution in [1.82, 2.24) is 9.88 Å². The summed E-state index contributed by atoms with van der Waals surface area (Å²) in [6, 6.07) is 4.90. The predicted octanol–water partition coefficient (Wildman–Crippen LogP) is 3.05. The maximum Gasteiger partial charge on any atom is 0.228 e. The molecule has 1 aromatic heterocycles. The van der Waals surface area contributed by atoms with Gasteiger partial charge in [0.2, 0.25) is 5.91 Å². The van der Waals surface area contributed by atoms with Crippen molar-refractivity contribution in [2.24, 2.45) is 5.92 Å². The summed E-state index contributed by atoms with van der Waals surface area (Å²) in [5.41, 5.74) is 2.10. The second-order valence-corrected chi connectivity index (χ2v) is 6.59. The molecule has 1 N–H and O–H groups in total. The highest BCUT2D eigenvalue weighted by Crippen LogP contribution is 2.34. The lowest BCUT2D eigenvalue weighted by Gasteiger charge is -2.33. The number of carbonyl (C=O) groups is 1. The van der Waals surface area contributed by atoms with E-state index >= 15 is 0 Å². The monoisotopic (exact) mass is 316 g/mol. The molecule has 4 rings (SSSR count). The number of nitrogens with zero attached hydrogens (tertiary/aromatic N) is 1. The van der Waals surface area contributed by atoms with E-state index < -0.39 is 0 Å². The summed E-state index contributed by atoms with van der Waals surface area (Å²) in [6.45, 7) is 2.88. The predicted molar refractivity (Wildman–Crippen MR) is 85.7 cm³/mol. The van der Waals surface area contributed by atoms with Crippen molar-refractivity contribution >= 4 is 16.8 Å². The Bertz CT molecular complexity index is 713. The molecule has 1 unspecified atom stereocenters. The molecule has 2 aliphatic heterocycles. The summed E-state index contributed by atoms with van der Waals surface area (Å²) >= 11 is 0. The number of nitrogens with one attached hydrogen (secondary N) is 1. The summed E-state index contributed by atoms with van der Waals surface area (Å²) in [5.74, 6) is 0.521. The minimum absolute atomic E-state index is 0.0580. The quantitative estimate of drug-likeness (QED) is 0.925. The van der Waals surface area contributed by atoms with Gasteiger partial charge in [-0.05, 0) is 48.9 Å². The fraction of sp³-hybridized carbons (Fsp3) is 0.500. The van der Waals surface area contributed by atoms with E-state index in [9.17, 15) is 9.18 Å². The molecule has 122 valence electrons. The van der Waals surface area contributed by atoms with Crippen molar-refractivity contribution in [3.8, 4) is 0 Å². The lowest BCUT2D eigenvalue weighted by atomic mass is 9.88. The second-order valence-electron chi connectivity index (χ2n) is 6.59. The van der Waals surface area contributed by atoms with Crippen molar-refractivity contribution in [3.63, 3.8) is 0 Å². The number of hydrogen-bond acceptors (Lipinski definition) is 2. The lowest BCUT2D eigenvalue weighted by molar-refractivity contribution is -0.136. The Balaban J connectivity index is 1.45. The highest BCUT2D eigenvalue weighted by Gasteiger charge is 2.31. The normalized spacial score (nSPS) is 22.8. The summed E-state index contributed by atoms with van der Waals surface area (Å²) in [4.78, 5) is 17.6. The molecule has 2 fully saturated rings. The van der Waals surface area contributed by atoms with Gasteiger partial charge in [-0.3, -0.25) is 4.79 Å². The molecule has 1 aromatic carbocycles. The van der Waals surface area contributed by atoms with Crippen molar-refractivity contribution < 1.29 is 13.9 Å². The first-order valence-electron chi connectivity index (χ1n) is 8.35. The Morgan fingerprint density at radius 2 is 2.09 bits per heavy atom. The van der Waals surface area contributed by atoms with Crippen LogP contribution in [0.2, 0.25) is 0 Å². The van der Waals surface area contributed by atoms with E-state index in [0.29, 0.717) is 19.1 Å². The van der Waals surface area contributed by atoms with Gasteiger partial charge in [-0.15, -0.1) is 0 Å². The van der Waals surface area contributed by atoms with Crippen LogP contribution in [0.4, 0.5) is 4.39 Å². The van der Waals surface area contributed by atoms with E-state index in [1.54, 1.807) is 0 Å². The average Bonchev–Trinajstić information content (AvgIpc) is 3.23. The van der Waals surface area contributed by atoms with Crippen LogP contribution in [0.15, 0.2) is 24.4 Å². The highest BCUT2D eigenvalue weighted by atomic mass is 19.1. The Morgan fingerprint density at radius 3 is 2.83 bits per heavy atom. The van der Waals surface area contributed by atoms with Crippen LogP contribution in [0, 0.1) is 11.7 Å². The lowest BCUT2D eigenvalue weighted by Crippen LogP contribution is -2.41. The van der Waals surface area contributed by atoms with Gasteiger partial charge in [0, 0.05) is 36.8 Å². The zero-order chi connectivity index (χ0) is 15.8. The molecular weight excluding hydrogens is 295 g/mol. The molecule has 1 amide bonds. The topological polar surface area (TPSA) is 45.3 Å². The number of piperidine rings is 1. The molecule has 0 spiro atoms. The van der Waals surface area contributed by atoms with Gasteiger partial charge in [-0.2, -0.15) is 0 Å². The Labute approximate surface area is 134 Å². The van der Waals surface area contributed by atoms with E-state index in [2.05, 4.69) is 4.98 Å². The maximum absolute atomic E-state index is 13.3. The van der Waals surface area contributed by atoms with E-state index in [1.165, 1.54) is 17.7 Å². The zero-order valence-electron chi connectivity index (χ0n) is 13.1. The first kappa shape index (κ1) is 14.7. The first-order chi connectivity index (χ1) is 11.2. The second kappa shape index (κ2) is 5.96. The van der Waals surface area contributed by atoms with Crippen molar-refractivity contribution in [2.75, 3.05) is 26.3 Å². The summed E-state index contributed by atoms with van der Waals surface area (Å²) < 4.78 is 18.6. The van der Waals surface area contributed by atoms with Gasteiger partial charge < -0.3 is 14.6 Å². The highest BCUT2D eigenvalue weighted by molar-refractivity contribution is 5.84. The van der Waals surface area contributed by atoms with Gasteiger partial charge in [-0.1, -0.05) is 0 Å². The van der Waals surface area contributed by atoms with Crippen LogP contribution in [0.1, 0.15) is 30.7 Å². The fourth-order valence-electron chi connectivity index (χ4n) is 3.86. The molecule has 23 heavy (non-hydrogen) atoms. The molecule has 1 atom stereocenters. The van der Waals surface area contributed by atoms with Crippen molar-refractivity contribution in [3.05, 3.63) is 35.8 Å². The van der Waals surface area contributed by atoms with Gasteiger partial charge in [0.1, 0.15) is 5.82 Å². The number of H-pyrrole nitrogens is 1. The molecule has 2 aromatic rings. The largest absolute Gasteiger partial charge is 0.381 e. The average molecular weight is 316 g/mol. The Kier molecular flexibility index (Phi) is 3.81. The number of rotatable bonds is 2. The Hall–Kier alpha value is -1.88. The molecule has 0 bridgehead atoms. The third-order valence-corrected chi connectivity index (χ3v) is 5.20. The van der Waals surface area contributed by atoms with E-state index in [0.717, 1.165) is 43.3 Å². The summed E-state index contributed by atoms with van der Waals surface area (Å²) in [5, 5.41) is 1.10. The molecule has 0 radical (unpaired) electrons. The van der Waals surface area contributed by atoms with Gasteiger partial charge >= 0.3 is 0 Å². The maximum atomic E-state index is 13.3. The van der Waals surface area contributed by atoms with Crippen LogP contribution in [0.25, 0.3) is 10.9 Å². The third kappa shape index (κ3) is 2.74. The molecule has 5 heteroatoms. The molecule has 0 saturated carbocycles. The third-order valence-electron chi connectivity index (χ3n) is 5.20. The molecule has 2 saturated heterocycles. The standard InChI is InChI=1S/C18H21FN2O2/c19-14-1-2-15-16(10-20-17(15)9-14)12-3-6-21(7-4-12)18(22)13-5-8-23-11-13/h1-2,9-10,12-13,20H,3-8,11H2. The van der Waals surface area contributed by atoms with Crippen LogP contribution in [0.5, 0.6) is 0 Å². The van der Waals surface area contributed by atoms with Crippen LogP contribution in [0.3, 0.4) is 0 Å². The van der Waals surface area contributed by atoms with Crippen LogP contribution in [-0.4, -0.2) is 42.1 Å². The number of amides is 1. The minimum atomic E-state index is -0.218. The molecule has 3 heterocycles. The first-order valence-corrected chi connectivity index (χ1v) is 8.35. The van der Waals surface area contributed by atoms with E-state index in [-0.39, 0.29) is 17.6 Å². The van der Waals surface area contributed by atoms with Crippen molar-refractivity contribution in [1.29, 1.82) is 0 Å². The SMILES string of the molecule is O=C(C1CCOC1)N1CCC(c2c[nH]c3cc(F)ccc23)CC1. The number of hydrogen-bond donors (Lipinski definition) is 1. The number of halogens is 1. The number of fused-ring (bicyclic) bond motifs is 1. The zero-order valence-corrected chi connectivity index (χ0v) is 13.1. The van der Waals surface area contributed by atoms with Gasteiger partial charge in [0.05, 0.1) is 12.5 Å². The van der Waals surface area contributed by atoms with E-state index in [1.807, 2.05) is 17.2 Å². The molecule has 2 aliphatic rings. The van der Waals surface area contributed by atoms with Gasteiger partial charge in [-0.25, -0.2) is 4.39 Å². The number of ether oxygens (including phenoxy) is 1. The van der Waals surface area contributed by atoms with Crippen molar-refractivity contribution in [2.45, 2.75) is 25.2 Å². The van der Waals surface area contributed by atoms with E-state index in [4.69, 9.17) is 4.74 Å². The number of benzene rings is 1. The number of aromatic amines is 1. The van der Waals surface area contributed by atoms with Crippen LogP contribution >= 0.6 is 0 Å². The van der Waals surface area contributed by atoms with Crippen LogP contribution in [-0.2, 0) is 9.53 Å². The minimum Gasteiger partial charge on any atom is -0.381 e. The fourth-order valence-corrected chi connectivity index (χ4v) is 3.86.